The van der Waals surface area contributed by atoms with E-state index >= 15 is 0 Å². The zero-order chi connectivity index (χ0) is 27.3. The van der Waals surface area contributed by atoms with E-state index in [9.17, 15) is 4.79 Å². The van der Waals surface area contributed by atoms with E-state index in [-0.39, 0.29) is 17.0 Å². The van der Waals surface area contributed by atoms with Crippen LogP contribution in [-0.4, -0.2) is 54.8 Å². The monoisotopic (exact) mass is 518 g/mol. The molecule has 1 aliphatic heterocycles. The van der Waals surface area contributed by atoms with E-state index in [0.29, 0.717) is 12.2 Å². The van der Waals surface area contributed by atoms with Gasteiger partial charge in [-0.05, 0) is 53.9 Å². The lowest BCUT2D eigenvalue weighted by Crippen LogP contribution is -2.65. The number of phosphoric acid groups is 1. The van der Waals surface area contributed by atoms with Crippen molar-refractivity contribution in [1.82, 2.24) is 5.32 Å². The minimum Gasteiger partial charge on any atom is -0.822 e. The molecule has 208 valence electrons. The molecule has 0 saturated carbocycles. The number of nitrogens with zero attached hydrogens (tertiary/aromatic N) is 1. The Kier molecular flexibility index (Phi) is 15.1. The number of nitrogens with one attached hydrogen (secondary N) is 1. The molecule has 0 spiro atoms. The first-order chi connectivity index (χ1) is 15.8. The SMILES string of the molecule is C=C(C)C(=O)OCCCCCCCCCCC[N+](C)(C)C1CC(C)(C)NC(C)(C)C1.O=P([O-])([O-])[O-]. The second-order valence-corrected chi connectivity index (χ2v) is 12.9. The molecule has 0 aromatic rings. The minimum atomic E-state index is -5.39. The molecule has 0 aliphatic carbocycles. The third-order valence-electron chi connectivity index (χ3n) is 6.62. The van der Waals surface area contributed by atoms with Gasteiger partial charge in [0.1, 0.15) is 0 Å². The first kappa shape index (κ1) is 34.2. The van der Waals surface area contributed by atoms with E-state index in [2.05, 4.69) is 53.7 Å². The summed E-state index contributed by atoms with van der Waals surface area (Å²) in [5, 5.41) is 3.82. The lowest BCUT2D eigenvalue weighted by molar-refractivity contribution is -0.917. The zero-order valence-corrected chi connectivity index (χ0v) is 24.2. The number of hydrogen-bond acceptors (Lipinski definition) is 7. The predicted molar refractivity (Wildman–Crippen MR) is 136 cm³/mol. The second-order valence-electron chi connectivity index (χ2n) is 12.0. The quantitative estimate of drug-likeness (QED) is 0.123. The summed E-state index contributed by atoms with van der Waals surface area (Å²) in [6.45, 7) is 16.5. The molecule has 0 bridgehead atoms. The lowest BCUT2D eigenvalue weighted by Gasteiger charge is -2.51. The summed E-state index contributed by atoms with van der Waals surface area (Å²) in [6, 6.07) is 0.742. The molecule has 1 saturated heterocycles. The van der Waals surface area contributed by atoms with Crippen LogP contribution in [0.2, 0.25) is 0 Å². The lowest BCUT2D eigenvalue weighted by atomic mass is 9.78. The van der Waals surface area contributed by atoms with Crippen LogP contribution in [0, 0.1) is 0 Å². The van der Waals surface area contributed by atoms with Crippen molar-refractivity contribution < 1.29 is 33.3 Å². The van der Waals surface area contributed by atoms with Gasteiger partial charge in [0.05, 0.1) is 33.3 Å². The normalized spacial score (nSPS) is 17.9. The van der Waals surface area contributed by atoms with Gasteiger partial charge < -0.3 is 33.8 Å². The van der Waals surface area contributed by atoms with Gasteiger partial charge in [-0.3, -0.25) is 0 Å². The van der Waals surface area contributed by atoms with Crippen molar-refractivity contribution in [3.8, 4) is 0 Å². The Morgan fingerprint density at radius 3 is 1.69 bits per heavy atom. The summed E-state index contributed by atoms with van der Waals surface area (Å²) in [5.41, 5.74) is 0.947. The van der Waals surface area contributed by atoms with Gasteiger partial charge in [-0.15, -0.1) is 0 Å². The highest BCUT2D eigenvalue weighted by Gasteiger charge is 2.44. The van der Waals surface area contributed by atoms with Crippen molar-refractivity contribution in [3.05, 3.63) is 12.2 Å². The van der Waals surface area contributed by atoms with E-state index in [1.807, 2.05) is 0 Å². The van der Waals surface area contributed by atoms with Crippen molar-refractivity contribution in [2.45, 2.75) is 122 Å². The number of esters is 1. The smallest absolute Gasteiger partial charge is 0.333 e. The van der Waals surface area contributed by atoms with Gasteiger partial charge in [-0.25, -0.2) is 4.79 Å². The zero-order valence-electron chi connectivity index (χ0n) is 23.3. The molecule has 0 atom stereocenters. The number of rotatable bonds is 14. The number of ether oxygens (including phenoxy) is 1. The number of carbonyl (C=O) groups excluding carboxylic acids is 1. The maximum absolute atomic E-state index is 11.3. The number of quaternary nitrogens is 1. The fourth-order valence-electron chi connectivity index (χ4n) is 5.09. The van der Waals surface area contributed by atoms with Crippen molar-refractivity contribution in [2.24, 2.45) is 0 Å². The molecular weight excluding hydrogens is 467 g/mol. The molecule has 0 aromatic carbocycles. The number of piperidine rings is 1. The Bertz CT molecular complexity index is 663. The first-order valence-corrected chi connectivity index (χ1v) is 14.5. The van der Waals surface area contributed by atoms with Crippen LogP contribution in [-0.2, 0) is 14.1 Å². The largest absolute Gasteiger partial charge is 0.822 e. The van der Waals surface area contributed by atoms with Crippen LogP contribution in [0.15, 0.2) is 12.2 Å². The molecule has 0 radical (unpaired) electrons. The summed E-state index contributed by atoms with van der Waals surface area (Å²) in [6.07, 6.45) is 13.9. The minimum absolute atomic E-state index is 0.230. The molecule has 1 heterocycles. The van der Waals surface area contributed by atoms with Gasteiger partial charge >= 0.3 is 5.97 Å². The van der Waals surface area contributed by atoms with Crippen molar-refractivity contribution in [2.75, 3.05) is 27.2 Å². The van der Waals surface area contributed by atoms with Crippen LogP contribution in [0.25, 0.3) is 0 Å². The number of carbonyl (C=O) groups is 1. The molecule has 1 aliphatic rings. The van der Waals surface area contributed by atoms with E-state index in [1.54, 1.807) is 6.92 Å². The summed E-state index contributed by atoms with van der Waals surface area (Å²) >= 11 is 0. The van der Waals surface area contributed by atoms with Gasteiger partial charge in [0.15, 0.2) is 0 Å². The van der Waals surface area contributed by atoms with Gasteiger partial charge in [-0.1, -0.05) is 45.1 Å². The number of unbranched alkanes of at least 4 members (excludes halogenated alkanes) is 8. The Morgan fingerprint density at radius 2 is 1.29 bits per heavy atom. The highest BCUT2D eigenvalue weighted by atomic mass is 31.2. The van der Waals surface area contributed by atoms with Crippen LogP contribution in [0.4, 0.5) is 0 Å². The summed E-state index contributed by atoms with van der Waals surface area (Å²) in [7, 11) is -0.508. The van der Waals surface area contributed by atoms with Gasteiger partial charge in [0.25, 0.3) is 0 Å². The third kappa shape index (κ3) is 19.1. The standard InChI is InChI=1S/C26H51N2O2.H3O4P/c1-22(2)24(29)30-19-17-15-13-11-9-10-12-14-16-18-28(7,8)23-20-25(3,4)27-26(5,6)21-23;1-5(2,3)4/h23,27H,1,9-21H2,2-8H3;(H3,1,2,3,4)/q+1;/p-3. The molecule has 9 heteroatoms. The highest BCUT2D eigenvalue weighted by Crippen LogP contribution is 2.33. The maximum Gasteiger partial charge on any atom is 0.333 e. The van der Waals surface area contributed by atoms with Crippen LogP contribution < -0.4 is 20.0 Å². The molecule has 1 fully saturated rings. The average molecular weight is 519 g/mol. The highest BCUT2D eigenvalue weighted by molar-refractivity contribution is 7.40. The summed E-state index contributed by atoms with van der Waals surface area (Å²) < 4.78 is 14.8. The number of hydrogen-bond donors (Lipinski definition) is 1. The second kappa shape index (κ2) is 15.5. The van der Waals surface area contributed by atoms with Crippen molar-refractivity contribution in [3.63, 3.8) is 0 Å². The van der Waals surface area contributed by atoms with Crippen LogP contribution in [0.5, 0.6) is 0 Å². The molecule has 0 unspecified atom stereocenters. The van der Waals surface area contributed by atoms with Crippen molar-refractivity contribution >= 4 is 13.8 Å². The molecular formula is C26H51N2O6P-2. The predicted octanol–water partition coefficient (Wildman–Crippen LogP) is 3.18. The van der Waals surface area contributed by atoms with E-state index in [1.165, 1.54) is 64.3 Å². The Balaban J connectivity index is 0.00000209. The first-order valence-electron chi connectivity index (χ1n) is 13.0. The molecule has 0 amide bonds. The topological polar surface area (TPSA) is 125 Å². The Hall–Kier alpha value is -0.760. The van der Waals surface area contributed by atoms with E-state index in [0.717, 1.165) is 23.4 Å². The van der Waals surface area contributed by atoms with E-state index < -0.39 is 7.82 Å². The van der Waals surface area contributed by atoms with Crippen LogP contribution >= 0.6 is 7.82 Å². The van der Waals surface area contributed by atoms with Crippen molar-refractivity contribution in [1.29, 1.82) is 0 Å². The average Bonchev–Trinajstić information content (AvgIpc) is 2.64. The van der Waals surface area contributed by atoms with E-state index in [4.69, 9.17) is 24.0 Å². The summed E-state index contributed by atoms with van der Waals surface area (Å²) in [4.78, 5) is 36.9. The molecule has 1 rings (SSSR count). The molecule has 1 N–H and O–H groups in total. The molecule has 8 nitrogen and oxygen atoms in total. The van der Waals surface area contributed by atoms with Gasteiger partial charge in [0.2, 0.25) is 0 Å². The fraction of sp³-hybridized carbons (Fsp3) is 0.885. The van der Waals surface area contributed by atoms with Gasteiger partial charge in [-0.2, -0.15) is 7.82 Å². The summed E-state index contributed by atoms with van der Waals surface area (Å²) in [5.74, 6) is -0.260. The van der Waals surface area contributed by atoms with Gasteiger partial charge in [0, 0.05) is 29.5 Å². The fourth-order valence-corrected chi connectivity index (χ4v) is 5.09. The third-order valence-corrected chi connectivity index (χ3v) is 6.62. The van der Waals surface area contributed by atoms with Crippen LogP contribution in [0.1, 0.15) is 105 Å². The Morgan fingerprint density at radius 1 is 0.914 bits per heavy atom. The van der Waals surface area contributed by atoms with Crippen LogP contribution in [0.3, 0.4) is 0 Å². The Labute approximate surface area is 214 Å². The molecule has 0 aromatic heterocycles. The maximum atomic E-state index is 11.3. The molecule has 35 heavy (non-hydrogen) atoms.